The summed E-state index contributed by atoms with van der Waals surface area (Å²) in [5.74, 6) is 0.543. The highest BCUT2D eigenvalue weighted by Crippen LogP contribution is 2.37. The van der Waals surface area contributed by atoms with Crippen molar-refractivity contribution in [2.45, 2.75) is 51.5 Å². The lowest BCUT2D eigenvalue weighted by atomic mass is 9.78. The van der Waals surface area contributed by atoms with Crippen LogP contribution < -0.4 is 15.5 Å². The van der Waals surface area contributed by atoms with Gasteiger partial charge in [0.15, 0.2) is 0 Å². The Morgan fingerprint density at radius 1 is 1.08 bits per heavy atom. The Morgan fingerprint density at radius 2 is 1.71 bits per heavy atom. The van der Waals surface area contributed by atoms with Crippen molar-refractivity contribution in [2.75, 3.05) is 0 Å². The fraction of sp³-hybridized carbons (Fsp3) is 0.471. The fourth-order valence-electron chi connectivity index (χ4n) is 2.55. The van der Waals surface area contributed by atoms with E-state index in [9.17, 15) is 4.39 Å². The van der Waals surface area contributed by atoms with Gasteiger partial charge in [-0.25, -0.2) is 0 Å². The number of para-hydroxylation sites is 1. The lowest BCUT2D eigenvalue weighted by Gasteiger charge is -2.32. The van der Waals surface area contributed by atoms with Crippen LogP contribution in [0, 0.1) is 0 Å². The predicted octanol–water partition coefficient (Wildman–Crippen LogP) is 2.52. The van der Waals surface area contributed by atoms with Gasteiger partial charge in [0, 0.05) is 18.6 Å². The molecule has 0 amide bonds. The minimum atomic E-state index is -1.13. The summed E-state index contributed by atoms with van der Waals surface area (Å²) in [7, 11) is -0.561. The summed E-state index contributed by atoms with van der Waals surface area (Å²) < 4.78 is 31.6. The Bertz CT molecular complexity index is 689. The predicted molar refractivity (Wildman–Crippen MR) is 92.0 cm³/mol. The second-order valence-corrected chi connectivity index (χ2v) is 7.16. The van der Waals surface area contributed by atoms with Gasteiger partial charge in [-0.05, 0) is 39.8 Å². The molecule has 1 N–H and O–H groups in total. The van der Waals surface area contributed by atoms with Gasteiger partial charge >= 0.3 is 7.12 Å². The number of nitrogens with zero attached hydrogens (tertiary/aromatic N) is 1. The minimum Gasteiger partial charge on any atom is -0.463 e. The molecule has 0 saturated carbocycles. The molecule has 0 spiro atoms. The topological polar surface area (TPSA) is 52.1 Å². The summed E-state index contributed by atoms with van der Waals surface area (Å²) in [5, 5.41) is 2.39. The van der Waals surface area contributed by atoms with Crippen LogP contribution in [-0.2, 0) is 9.31 Å². The summed E-state index contributed by atoms with van der Waals surface area (Å²) in [5.41, 5.74) is -1.28. The first-order valence-electron chi connectivity index (χ1n) is 7.95. The van der Waals surface area contributed by atoms with E-state index in [0.717, 1.165) is 5.46 Å². The molecule has 2 heterocycles. The molecule has 7 heteroatoms. The molecule has 1 aromatic carbocycles. The lowest BCUT2D eigenvalue weighted by molar-refractivity contribution is 0.00578. The Labute approximate surface area is 142 Å². The van der Waals surface area contributed by atoms with Crippen LogP contribution in [0.1, 0.15) is 34.6 Å². The standard InChI is InChI=1S/C17H22BFN2O3/c1-15(2)16(3,4)24-18(23-15)12-8-6-7-9-13(12)22-17(5)10-11-20-14(19)21-17/h6-11H,1-5H3,(H,20,21). The molecule has 1 fully saturated rings. The number of aliphatic imine (C=N–C) groups is 1. The Morgan fingerprint density at radius 3 is 2.33 bits per heavy atom. The molecular formula is C17H22BFN2O3. The molecule has 2 aliphatic heterocycles. The Balaban J connectivity index is 1.90. The molecule has 2 aliphatic rings. The maximum atomic E-state index is 13.4. The third-order valence-corrected chi connectivity index (χ3v) is 4.66. The monoisotopic (exact) mass is 332 g/mol. The third-order valence-electron chi connectivity index (χ3n) is 4.66. The van der Waals surface area contributed by atoms with Crippen LogP contribution in [0.5, 0.6) is 5.75 Å². The van der Waals surface area contributed by atoms with Gasteiger partial charge in [-0.1, -0.05) is 18.2 Å². The van der Waals surface area contributed by atoms with Crippen LogP contribution in [0.3, 0.4) is 0 Å². The highest BCUT2D eigenvalue weighted by atomic mass is 19.1. The number of benzene rings is 1. The van der Waals surface area contributed by atoms with Gasteiger partial charge in [0.1, 0.15) is 5.75 Å². The van der Waals surface area contributed by atoms with Crippen LogP contribution in [-0.4, -0.2) is 30.1 Å². The number of nitrogens with one attached hydrogen (secondary N) is 1. The number of amidine groups is 1. The second kappa shape index (κ2) is 5.60. The van der Waals surface area contributed by atoms with E-state index in [1.807, 2.05) is 45.9 Å². The highest BCUT2D eigenvalue weighted by Gasteiger charge is 2.52. The van der Waals surface area contributed by atoms with Crippen LogP contribution in [0.25, 0.3) is 0 Å². The van der Waals surface area contributed by atoms with Gasteiger partial charge in [0.25, 0.3) is 6.09 Å². The molecule has 5 nitrogen and oxygen atoms in total. The first kappa shape index (κ1) is 17.0. The van der Waals surface area contributed by atoms with E-state index >= 15 is 0 Å². The molecule has 3 rings (SSSR count). The minimum absolute atomic E-state index is 0.451. The van der Waals surface area contributed by atoms with E-state index in [-0.39, 0.29) is 0 Å². The van der Waals surface area contributed by atoms with Gasteiger partial charge in [-0.2, -0.15) is 9.38 Å². The van der Waals surface area contributed by atoms with Crippen LogP contribution in [0.4, 0.5) is 4.39 Å². The van der Waals surface area contributed by atoms with Crippen LogP contribution in [0.15, 0.2) is 41.5 Å². The molecule has 1 aromatic rings. The largest absolute Gasteiger partial charge is 0.498 e. The number of halogens is 1. The number of hydrogen-bond acceptors (Lipinski definition) is 5. The van der Waals surface area contributed by atoms with Crippen LogP contribution >= 0.6 is 0 Å². The molecule has 1 atom stereocenters. The zero-order valence-corrected chi connectivity index (χ0v) is 14.6. The lowest BCUT2D eigenvalue weighted by Crippen LogP contribution is -2.41. The zero-order valence-electron chi connectivity index (χ0n) is 14.6. The van der Waals surface area contributed by atoms with Gasteiger partial charge in [0.2, 0.25) is 5.72 Å². The summed E-state index contributed by atoms with van der Waals surface area (Å²) in [6, 6.07) is 7.41. The summed E-state index contributed by atoms with van der Waals surface area (Å²) in [6.07, 6.45) is 2.43. The Hall–Kier alpha value is -1.86. The molecular weight excluding hydrogens is 310 g/mol. The van der Waals surface area contributed by atoms with Gasteiger partial charge in [0.05, 0.1) is 11.2 Å². The normalized spacial score (nSPS) is 27.6. The smallest absolute Gasteiger partial charge is 0.463 e. The quantitative estimate of drug-likeness (QED) is 0.683. The van der Waals surface area contributed by atoms with Crippen LogP contribution in [0.2, 0.25) is 0 Å². The van der Waals surface area contributed by atoms with Gasteiger partial charge in [-0.15, -0.1) is 0 Å². The maximum Gasteiger partial charge on any atom is 0.498 e. The molecule has 128 valence electrons. The van der Waals surface area contributed by atoms with Crippen molar-refractivity contribution in [3.8, 4) is 5.75 Å². The fourth-order valence-corrected chi connectivity index (χ4v) is 2.55. The van der Waals surface area contributed by atoms with Crippen molar-refractivity contribution in [2.24, 2.45) is 4.99 Å². The maximum absolute atomic E-state index is 13.4. The SMILES string of the molecule is CC1(Oc2ccccc2B2OC(C)(C)C(C)(C)O2)C=CNC(F)=N1. The van der Waals surface area contributed by atoms with E-state index in [0.29, 0.717) is 5.75 Å². The van der Waals surface area contributed by atoms with Crippen molar-refractivity contribution in [1.82, 2.24) is 5.32 Å². The van der Waals surface area contributed by atoms with Crippen molar-refractivity contribution in [3.63, 3.8) is 0 Å². The van der Waals surface area contributed by atoms with E-state index in [4.69, 9.17) is 14.0 Å². The summed E-state index contributed by atoms with van der Waals surface area (Å²) in [6.45, 7) is 9.66. The molecule has 0 radical (unpaired) electrons. The number of hydrogen-bond donors (Lipinski definition) is 1. The van der Waals surface area contributed by atoms with Crippen molar-refractivity contribution < 1.29 is 18.4 Å². The van der Waals surface area contributed by atoms with E-state index in [2.05, 4.69) is 10.3 Å². The molecule has 0 bridgehead atoms. The third kappa shape index (κ3) is 3.06. The Kier molecular flexibility index (Phi) is 3.96. The molecule has 1 saturated heterocycles. The molecule has 0 aromatic heterocycles. The first-order chi connectivity index (χ1) is 11.1. The molecule has 0 aliphatic carbocycles. The number of rotatable bonds is 3. The van der Waals surface area contributed by atoms with Crippen molar-refractivity contribution in [1.29, 1.82) is 0 Å². The van der Waals surface area contributed by atoms with E-state index < -0.39 is 30.1 Å². The van der Waals surface area contributed by atoms with E-state index in [1.165, 1.54) is 6.20 Å². The molecule has 1 unspecified atom stereocenters. The van der Waals surface area contributed by atoms with E-state index in [1.54, 1.807) is 19.1 Å². The van der Waals surface area contributed by atoms with Crippen molar-refractivity contribution in [3.05, 3.63) is 36.5 Å². The van der Waals surface area contributed by atoms with Crippen molar-refractivity contribution >= 4 is 18.7 Å². The summed E-state index contributed by atoms with van der Waals surface area (Å²) in [4.78, 5) is 3.88. The first-order valence-corrected chi connectivity index (χ1v) is 7.95. The second-order valence-electron chi connectivity index (χ2n) is 7.16. The zero-order chi connectivity index (χ0) is 17.6. The average molecular weight is 332 g/mol. The average Bonchev–Trinajstić information content (AvgIpc) is 2.67. The highest BCUT2D eigenvalue weighted by molar-refractivity contribution is 6.63. The number of ether oxygens (including phenoxy) is 1. The van der Waals surface area contributed by atoms with Gasteiger partial charge < -0.3 is 19.4 Å². The summed E-state index contributed by atoms with van der Waals surface area (Å²) >= 11 is 0. The molecule has 24 heavy (non-hydrogen) atoms. The van der Waals surface area contributed by atoms with Gasteiger partial charge in [-0.3, -0.25) is 0 Å².